The lowest BCUT2D eigenvalue weighted by molar-refractivity contribution is 0.379. The Bertz CT molecular complexity index is 627. The molecule has 2 atom stereocenters. The highest BCUT2D eigenvalue weighted by molar-refractivity contribution is 7.80. The Labute approximate surface area is 129 Å². The first-order chi connectivity index (χ1) is 9.59. The maximum atomic E-state index is 5.98. The second kappa shape index (κ2) is 5.08. The second-order valence-corrected chi connectivity index (χ2v) is 6.00. The molecule has 4 heteroatoms. The van der Waals surface area contributed by atoms with Gasteiger partial charge in [-0.2, -0.15) is 0 Å². The molecule has 2 unspecified atom stereocenters. The Morgan fingerprint density at radius 1 is 1.05 bits per heavy atom. The van der Waals surface area contributed by atoms with Crippen molar-refractivity contribution in [3.63, 3.8) is 0 Å². The van der Waals surface area contributed by atoms with Gasteiger partial charge in [0.15, 0.2) is 5.11 Å². The average molecular weight is 303 g/mol. The monoisotopic (exact) mass is 302 g/mol. The van der Waals surface area contributed by atoms with Gasteiger partial charge in [0.2, 0.25) is 0 Å². The summed E-state index contributed by atoms with van der Waals surface area (Å²) in [6.45, 7) is 2.15. The Morgan fingerprint density at radius 3 is 2.35 bits per heavy atom. The summed E-state index contributed by atoms with van der Waals surface area (Å²) in [6.07, 6.45) is 0. The van der Waals surface area contributed by atoms with Crippen molar-refractivity contribution in [3.05, 3.63) is 70.7 Å². The molecule has 1 fully saturated rings. The van der Waals surface area contributed by atoms with Crippen LogP contribution in [0.4, 0.5) is 0 Å². The minimum absolute atomic E-state index is 0.0948. The molecular formula is C16H15ClN2S. The molecule has 0 spiro atoms. The zero-order valence-electron chi connectivity index (χ0n) is 11.1. The summed E-state index contributed by atoms with van der Waals surface area (Å²) < 4.78 is 0. The van der Waals surface area contributed by atoms with E-state index in [0.717, 1.165) is 10.6 Å². The van der Waals surface area contributed by atoms with E-state index in [4.69, 9.17) is 23.8 Å². The maximum absolute atomic E-state index is 5.98. The van der Waals surface area contributed by atoms with Gasteiger partial charge in [0.25, 0.3) is 0 Å². The number of hydrogen-bond donors (Lipinski definition) is 2. The number of hydrogen-bond acceptors (Lipinski definition) is 1. The Hall–Kier alpha value is -1.58. The molecule has 2 aromatic carbocycles. The van der Waals surface area contributed by atoms with Gasteiger partial charge in [-0.3, -0.25) is 0 Å². The topological polar surface area (TPSA) is 24.1 Å². The SMILES string of the molecule is CC1(c2ccc(Cl)cc2)NC(=S)NC1c1ccccc1. The molecule has 1 saturated heterocycles. The molecular weight excluding hydrogens is 288 g/mol. The zero-order valence-corrected chi connectivity index (χ0v) is 12.6. The van der Waals surface area contributed by atoms with Crippen LogP contribution in [0, 0.1) is 0 Å². The van der Waals surface area contributed by atoms with E-state index in [-0.39, 0.29) is 11.6 Å². The van der Waals surface area contributed by atoms with Crippen molar-refractivity contribution in [1.29, 1.82) is 0 Å². The maximum Gasteiger partial charge on any atom is 0.167 e. The van der Waals surface area contributed by atoms with Crippen LogP contribution in [0.2, 0.25) is 5.02 Å². The van der Waals surface area contributed by atoms with Gasteiger partial charge in [0, 0.05) is 5.02 Å². The van der Waals surface area contributed by atoms with Crippen molar-refractivity contribution in [2.24, 2.45) is 0 Å². The van der Waals surface area contributed by atoms with E-state index < -0.39 is 0 Å². The van der Waals surface area contributed by atoms with E-state index >= 15 is 0 Å². The first kappa shape index (κ1) is 13.4. The van der Waals surface area contributed by atoms with Crippen LogP contribution in [0.5, 0.6) is 0 Å². The summed E-state index contributed by atoms with van der Waals surface area (Å²) in [5.74, 6) is 0. The van der Waals surface area contributed by atoms with Crippen molar-refractivity contribution in [3.8, 4) is 0 Å². The molecule has 0 aliphatic carbocycles. The second-order valence-electron chi connectivity index (χ2n) is 5.15. The molecule has 0 radical (unpaired) electrons. The lowest BCUT2D eigenvalue weighted by atomic mass is 9.82. The number of halogens is 1. The number of benzene rings is 2. The van der Waals surface area contributed by atoms with Gasteiger partial charge < -0.3 is 10.6 Å². The summed E-state index contributed by atoms with van der Waals surface area (Å²) in [6, 6.07) is 18.3. The van der Waals surface area contributed by atoms with Crippen molar-refractivity contribution in [1.82, 2.24) is 10.6 Å². The molecule has 1 aliphatic rings. The van der Waals surface area contributed by atoms with Crippen LogP contribution >= 0.6 is 23.8 Å². The summed E-state index contributed by atoms with van der Waals surface area (Å²) in [5, 5.41) is 8.17. The summed E-state index contributed by atoms with van der Waals surface area (Å²) in [7, 11) is 0. The van der Waals surface area contributed by atoms with Crippen LogP contribution in [0.15, 0.2) is 54.6 Å². The highest BCUT2D eigenvalue weighted by Gasteiger charge is 2.43. The highest BCUT2D eigenvalue weighted by Crippen LogP contribution is 2.38. The zero-order chi connectivity index (χ0) is 14.2. The van der Waals surface area contributed by atoms with E-state index in [2.05, 4.69) is 29.7 Å². The normalized spacial score (nSPS) is 25.1. The molecule has 1 heterocycles. The molecule has 102 valence electrons. The van der Waals surface area contributed by atoms with Crippen LogP contribution in [0.1, 0.15) is 24.1 Å². The summed E-state index contributed by atoms with van der Waals surface area (Å²) in [5.41, 5.74) is 2.07. The Balaban J connectivity index is 2.05. The first-order valence-electron chi connectivity index (χ1n) is 6.49. The third-order valence-corrected chi connectivity index (χ3v) is 4.27. The van der Waals surface area contributed by atoms with Gasteiger partial charge in [0.05, 0.1) is 11.6 Å². The fraction of sp³-hybridized carbons (Fsp3) is 0.188. The molecule has 0 saturated carbocycles. The fourth-order valence-electron chi connectivity index (χ4n) is 2.72. The van der Waals surface area contributed by atoms with Gasteiger partial charge in [-0.25, -0.2) is 0 Å². The quantitative estimate of drug-likeness (QED) is 0.826. The molecule has 0 bridgehead atoms. The average Bonchev–Trinajstić information content (AvgIpc) is 2.77. The largest absolute Gasteiger partial charge is 0.353 e. The van der Waals surface area contributed by atoms with Crippen LogP contribution in [0.25, 0.3) is 0 Å². The van der Waals surface area contributed by atoms with Crippen molar-refractivity contribution >= 4 is 28.9 Å². The van der Waals surface area contributed by atoms with E-state index in [9.17, 15) is 0 Å². The third-order valence-electron chi connectivity index (χ3n) is 3.80. The molecule has 1 aliphatic heterocycles. The smallest absolute Gasteiger partial charge is 0.167 e. The molecule has 0 amide bonds. The number of rotatable bonds is 2. The minimum atomic E-state index is -0.289. The first-order valence-corrected chi connectivity index (χ1v) is 7.28. The van der Waals surface area contributed by atoms with Gasteiger partial charge in [0.1, 0.15) is 0 Å². The lowest BCUT2D eigenvalue weighted by Crippen LogP contribution is -2.38. The van der Waals surface area contributed by atoms with Gasteiger partial charge in [-0.15, -0.1) is 0 Å². The molecule has 2 nitrogen and oxygen atoms in total. The number of thiocarbonyl (C=S) groups is 1. The third kappa shape index (κ3) is 2.28. The molecule has 2 N–H and O–H groups in total. The van der Waals surface area contributed by atoms with E-state index in [0.29, 0.717) is 5.11 Å². The van der Waals surface area contributed by atoms with Crippen LogP contribution < -0.4 is 10.6 Å². The van der Waals surface area contributed by atoms with Crippen LogP contribution in [-0.4, -0.2) is 5.11 Å². The van der Waals surface area contributed by atoms with Crippen molar-refractivity contribution in [2.75, 3.05) is 0 Å². The summed E-state index contributed by atoms with van der Waals surface area (Å²) >= 11 is 11.3. The predicted molar refractivity (Wildman–Crippen MR) is 86.9 cm³/mol. The molecule has 3 rings (SSSR count). The van der Waals surface area contributed by atoms with Gasteiger partial charge >= 0.3 is 0 Å². The molecule has 20 heavy (non-hydrogen) atoms. The Morgan fingerprint density at radius 2 is 1.70 bits per heavy atom. The van der Waals surface area contributed by atoms with Gasteiger partial charge in [-0.05, 0) is 42.4 Å². The minimum Gasteiger partial charge on any atom is -0.353 e. The fourth-order valence-corrected chi connectivity index (χ4v) is 3.17. The van der Waals surface area contributed by atoms with E-state index in [1.54, 1.807) is 0 Å². The molecule has 0 aromatic heterocycles. The lowest BCUT2D eigenvalue weighted by Gasteiger charge is -2.31. The van der Waals surface area contributed by atoms with Crippen LogP contribution in [0.3, 0.4) is 0 Å². The van der Waals surface area contributed by atoms with E-state index in [1.165, 1.54) is 5.56 Å². The van der Waals surface area contributed by atoms with Crippen molar-refractivity contribution in [2.45, 2.75) is 18.5 Å². The van der Waals surface area contributed by atoms with Crippen molar-refractivity contribution < 1.29 is 0 Å². The Kier molecular flexibility index (Phi) is 3.40. The standard InChI is InChI=1S/C16H15ClN2S/c1-16(12-7-9-13(17)10-8-12)14(18-15(20)19-16)11-5-3-2-4-6-11/h2-10,14H,1H3,(H2,18,19,20). The van der Waals surface area contributed by atoms with Crippen LogP contribution in [-0.2, 0) is 5.54 Å². The highest BCUT2D eigenvalue weighted by atomic mass is 35.5. The summed E-state index contributed by atoms with van der Waals surface area (Å²) in [4.78, 5) is 0. The molecule has 2 aromatic rings. The van der Waals surface area contributed by atoms with E-state index in [1.807, 2.05) is 42.5 Å². The predicted octanol–water partition coefficient (Wildman–Crippen LogP) is 3.77. The van der Waals surface area contributed by atoms with Gasteiger partial charge in [-0.1, -0.05) is 54.1 Å². The number of nitrogens with one attached hydrogen (secondary N) is 2.